The third kappa shape index (κ3) is 3.50. The lowest BCUT2D eigenvalue weighted by Gasteiger charge is -2.36. The fourth-order valence-corrected chi connectivity index (χ4v) is 3.43. The van der Waals surface area contributed by atoms with Gasteiger partial charge in [0.25, 0.3) is 0 Å². The number of halogens is 1. The molecule has 1 aliphatic heterocycles. The van der Waals surface area contributed by atoms with Gasteiger partial charge >= 0.3 is 0 Å². The summed E-state index contributed by atoms with van der Waals surface area (Å²) in [4.78, 5) is 24.4. The van der Waals surface area contributed by atoms with Gasteiger partial charge in [-0.2, -0.15) is 0 Å². The van der Waals surface area contributed by atoms with Crippen LogP contribution in [0.15, 0.2) is 12.4 Å². The van der Waals surface area contributed by atoms with E-state index >= 15 is 0 Å². The van der Waals surface area contributed by atoms with Crippen LogP contribution in [0.4, 0.5) is 5.82 Å². The average molecular weight is 325 g/mol. The molecule has 1 N–H and O–H groups in total. The first-order valence-corrected chi connectivity index (χ1v) is 8.16. The lowest BCUT2D eigenvalue weighted by molar-refractivity contribution is -0.136. The van der Waals surface area contributed by atoms with Crippen LogP contribution >= 0.6 is 11.6 Å². The summed E-state index contributed by atoms with van der Waals surface area (Å²) in [5.41, 5.74) is -0.769. The van der Waals surface area contributed by atoms with Gasteiger partial charge in [-0.3, -0.25) is 4.79 Å². The molecule has 1 amide bonds. The molecule has 0 radical (unpaired) electrons. The summed E-state index contributed by atoms with van der Waals surface area (Å²) in [6.45, 7) is 2.74. The van der Waals surface area contributed by atoms with Crippen LogP contribution in [0.25, 0.3) is 0 Å². The Morgan fingerprint density at radius 1 is 1.23 bits per heavy atom. The molecule has 0 atom stereocenters. The number of hydrogen-bond donors (Lipinski definition) is 1. The fraction of sp³-hybridized carbons (Fsp3) is 0.667. The van der Waals surface area contributed by atoms with Gasteiger partial charge in [-0.1, -0.05) is 24.4 Å². The van der Waals surface area contributed by atoms with Crippen LogP contribution in [0.1, 0.15) is 32.1 Å². The van der Waals surface area contributed by atoms with E-state index in [0.29, 0.717) is 18.2 Å². The molecule has 1 aromatic heterocycles. The quantitative estimate of drug-likeness (QED) is 0.853. The van der Waals surface area contributed by atoms with E-state index in [0.717, 1.165) is 44.6 Å². The Morgan fingerprint density at radius 3 is 2.55 bits per heavy atom. The summed E-state index contributed by atoms with van der Waals surface area (Å²) < 4.78 is 0. The summed E-state index contributed by atoms with van der Waals surface area (Å²) in [6.07, 6.45) is 5.24. The van der Waals surface area contributed by atoms with Crippen molar-refractivity contribution in [2.75, 3.05) is 31.1 Å². The molecule has 0 spiro atoms. The van der Waals surface area contributed by atoms with E-state index in [9.17, 15) is 9.90 Å². The number of carbonyl (C=O) groups excluding carboxylic acids is 1. The number of hydrogen-bond acceptors (Lipinski definition) is 5. The topological polar surface area (TPSA) is 69.6 Å². The van der Waals surface area contributed by atoms with E-state index in [2.05, 4.69) is 14.9 Å². The van der Waals surface area contributed by atoms with E-state index in [-0.39, 0.29) is 12.3 Å². The zero-order valence-electron chi connectivity index (χ0n) is 12.5. The van der Waals surface area contributed by atoms with Crippen LogP contribution in [0, 0.1) is 0 Å². The SMILES string of the molecule is O=C(CC1(O)CCCC1)N1CCN(c2cc(Cl)ncn2)CC1. The van der Waals surface area contributed by atoms with Gasteiger partial charge in [-0.15, -0.1) is 0 Å². The molecule has 120 valence electrons. The second-order valence-electron chi connectivity index (χ2n) is 6.17. The third-order valence-corrected chi connectivity index (χ3v) is 4.80. The summed E-state index contributed by atoms with van der Waals surface area (Å²) in [5.74, 6) is 0.853. The van der Waals surface area contributed by atoms with Crippen molar-refractivity contribution in [1.29, 1.82) is 0 Å². The summed E-state index contributed by atoms with van der Waals surface area (Å²) in [5, 5.41) is 10.8. The van der Waals surface area contributed by atoms with Gasteiger partial charge in [0.15, 0.2) is 0 Å². The number of nitrogens with zero attached hydrogens (tertiary/aromatic N) is 4. The van der Waals surface area contributed by atoms with E-state index in [4.69, 9.17) is 11.6 Å². The zero-order valence-corrected chi connectivity index (χ0v) is 13.3. The number of rotatable bonds is 3. The highest BCUT2D eigenvalue weighted by atomic mass is 35.5. The van der Waals surface area contributed by atoms with Crippen molar-refractivity contribution >= 4 is 23.3 Å². The van der Waals surface area contributed by atoms with E-state index < -0.39 is 5.60 Å². The summed E-state index contributed by atoms with van der Waals surface area (Å²) >= 11 is 5.88. The molecule has 1 saturated carbocycles. The van der Waals surface area contributed by atoms with Crippen LogP contribution in [-0.4, -0.2) is 57.7 Å². The molecule has 2 fully saturated rings. The maximum absolute atomic E-state index is 12.4. The Bertz CT molecular complexity index is 540. The monoisotopic (exact) mass is 324 g/mol. The fourth-order valence-electron chi connectivity index (χ4n) is 3.29. The third-order valence-electron chi connectivity index (χ3n) is 4.59. The highest BCUT2D eigenvalue weighted by molar-refractivity contribution is 6.29. The molecular weight excluding hydrogens is 304 g/mol. The highest BCUT2D eigenvalue weighted by Crippen LogP contribution is 2.33. The molecule has 6 nitrogen and oxygen atoms in total. The predicted molar refractivity (Wildman–Crippen MR) is 83.9 cm³/mol. The number of carbonyl (C=O) groups is 1. The van der Waals surface area contributed by atoms with Crippen molar-refractivity contribution in [3.8, 4) is 0 Å². The normalized spacial score (nSPS) is 21.2. The Morgan fingerprint density at radius 2 is 1.91 bits per heavy atom. The standard InChI is InChI=1S/C15H21ClN4O2/c16-12-9-13(18-11-17-12)19-5-7-20(8-6-19)14(21)10-15(22)3-1-2-4-15/h9,11,22H,1-8,10H2. The minimum atomic E-state index is -0.769. The number of piperazine rings is 1. The van der Waals surface area contributed by atoms with Gasteiger partial charge in [0.1, 0.15) is 17.3 Å². The molecule has 1 saturated heterocycles. The maximum Gasteiger partial charge on any atom is 0.225 e. The first-order valence-electron chi connectivity index (χ1n) is 7.78. The minimum Gasteiger partial charge on any atom is -0.389 e. The highest BCUT2D eigenvalue weighted by Gasteiger charge is 2.35. The van der Waals surface area contributed by atoms with Crippen LogP contribution in [0.3, 0.4) is 0 Å². The molecule has 7 heteroatoms. The molecule has 2 heterocycles. The number of aliphatic hydroxyl groups is 1. The molecule has 0 bridgehead atoms. The average Bonchev–Trinajstić information content (AvgIpc) is 2.93. The van der Waals surface area contributed by atoms with Gasteiger partial charge in [-0.05, 0) is 12.8 Å². The second kappa shape index (κ2) is 6.38. The van der Waals surface area contributed by atoms with Gasteiger partial charge in [0.2, 0.25) is 5.91 Å². The van der Waals surface area contributed by atoms with Crippen LogP contribution in [0.5, 0.6) is 0 Å². The number of anilines is 1. The Hall–Kier alpha value is -1.40. The summed E-state index contributed by atoms with van der Waals surface area (Å²) in [7, 11) is 0. The van der Waals surface area contributed by atoms with Gasteiger partial charge in [0, 0.05) is 32.2 Å². The van der Waals surface area contributed by atoms with Crippen molar-refractivity contribution < 1.29 is 9.90 Å². The molecule has 1 aromatic rings. The van der Waals surface area contributed by atoms with Gasteiger partial charge < -0.3 is 14.9 Å². The first kappa shape index (κ1) is 15.5. The van der Waals surface area contributed by atoms with E-state index in [1.54, 1.807) is 6.07 Å². The van der Waals surface area contributed by atoms with Crippen molar-refractivity contribution in [2.45, 2.75) is 37.7 Å². The first-order chi connectivity index (χ1) is 10.6. The smallest absolute Gasteiger partial charge is 0.225 e. The maximum atomic E-state index is 12.4. The van der Waals surface area contributed by atoms with Crippen molar-refractivity contribution in [2.24, 2.45) is 0 Å². The summed E-state index contributed by atoms with van der Waals surface area (Å²) in [6, 6.07) is 1.74. The molecular formula is C15H21ClN4O2. The molecule has 3 rings (SSSR count). The minimum absolute atomic E-state index is 0.0600. The lowest BCUT2D eigenvalue weighted by atomic mass is 9.97. The van der Waals surface area contributed by atoms with E-state index in [1.807, 2.05) is 4.90 Å². The lowest BCUT2D eigenvalue weighted by Crippen LogP contribution is -2.50. The predicted octanol–water partition coefficient (Wildman–Crippen LogP) is 1.47. The van der Waals surface area contributed by atoms with Crippen LogP contribution in [0.2, 0.25) is 5.15 Å². The van der Waals surface area contributed by atoms with Crippen LogP contribution < -0.4 is 4.90 Å². The Balaban J connectivity index is 1.54. The molecule has 0 unspecified atom stereocenters. The van der Waals surface area contributed by atoms with E-state index in [1.165, 1.54) is 6.33 Å². The number of aromatic nitrogens is 2. The Kier molecular flexibility index (Phi) is 4.49. The Labute approximate surface area is 135 Å². The van der Waals surface area contributed by atoms with Crippen LogP contribution in [-0.2, 0) is 4.79 Å². The molecule has 0 aromatic carbocycles. The van der Waals surface area contributed by atoms with Gasteiger partial charge in [0.05, 0.1) is 12.0 Å². The number of amides is 1. The molecule has 2 aliphatic rings. The second-order valence-corrected chi connectivity index (χ2v) is 6.56. The molecule has 22 heavy (non-hydrogen) atoms. The van der Waals surface area contributed by atoms with Gasteiger partial charge in [-0.25, -0.2) is 9.97 Å². The largest absolute Gasteiger partial charge is 0.389 e. The molecule has 1 aliphatic carbocycles. The zero-order chi connectivity index (χ0) is 15.6. The van der Waals surface area contributed by atoms with Crippen molar-refractivity contribution in [1.82, 2.24) is 14.9 Å². The van der Waals surface area contributed by atoms with Crippen molar-refractivity contribution in [3.05, 3.63) is 17.5 Å². The van der Waals surface area contributed by atoms with Crippen molar-refractivity contribution in [3.63, 3.8) is 0 Å².